The Kier molecular flexibility index (Phi) is 5.06. The fourth-order valence-electron chi connectivity index (χ4n) is 4.44. The smallest absolute Gasteiger partial charge is 0.230 e. The lowest BCUT2D eigenvalue weighted by molar-refractivity contribution is -0.123. The first kappa shape index (κ1) is 19.9. The molecule has 1 saturated heterocycles. The number of fused-ring (bicyclic) bond motifs is 2. The van der Waals surface area contributed by atoms with Crippen LogP contribution in [0.25, 0.3) is 0 Å². The van der Waals surface area contributed by atoms with Crippen LogP contribution >= 0.6 is 11.6 Å². The lowest BCUT2D eigenvalue weighted by atomic mass is 9.94. The maximum Gasteiger partial charge on any atom is 0.230 e. The highest BCUT2D eigenvalue weighted by molar-refractivity contribution is 6.31. The quantitative estimate of drug-likeness (QED) is 0.649. The van der Waals surface area contributed by atoms with Crippen LogP contribution in [-0.4, -0.2) is 33.8 Å². The van der Waals surface area contributed by atoms with Gasteiger partial charge >= 0.3 is 0 Å². The van der Waals surface area contributed by atoms with Crippen molar-refractivity contribution in [1.82, 2.24) is 14.8 Å². The number of carbonyl (C=O) groups excluding carboxylic acids is 1. The third-order valence-corrected chi connectivity index (χ3v) is 6.45. The van der Waals surface area contributed by atoms with Gasteiger partial charge in [0.1, 0.15) is 5.82 Å². The lowest BCUT2D eigenvalue weighted by Crippen LogP contribution is -2.42. The Morgan fingerprint density at radius 2 is 1.97 bits per heavy atom. The summed E-state index contributed by atoms with van der Waals surface area (Å²) in [4.78, 5) is 22.3. The summed E-state index contributed by atoms with van der Waals surface area (Å²) in [5.74, 6) is 1.03. The summed E-state index contributed by atoms with van der Waals surface area (Å²) < 4.78 is 1.79. The first-order valence-corrected chi connectivity index (χ1v) is 10.9. The molecule has 31 heavy (non-hydrogen) atoms. The molecule has 8 heteroatoms. The van der Waals surface area contributed by atoms with Gasteiger partial charge in [-0.05, 0) is 50.1 Å². The van der Waals surface area contributed by atoms with Gasteiger partial charge in [-0.3, -0.25) is 14.5 Å². The van der Waals surface area contributed by atoms with Gasteiger partial charge in [0.15, 0.2) is 0 Å². The number of carbonyl (C=O) groups is 1. The van der Waals surface area contributed by atoms with Gasteiger partial charge in [0, 0.05) is 42.3 Å². The molecule has 0 aliphatic carbocycles. The van der Waals surface area contributed by atoms with Crippen LogP contribution in [0.5, 0.6) is 0 Å². The van der Waals surface area contributed by atoms with Crippen LogP contribution < -0.4 is 15.1 Å². The summed E-state index contributed by atoms with van der Waals surface area (Å²) in [6, 6.07) is 9.77. The van der Waals surface area contributed by atoms with Gasteiger partial charge in [-0.1, -0.05) is 11.6 Å². The molecule has 0 atom stereocenters. The number of anilines is 4. The molecule has 160 valence electrons. The number of aromatic nitrogens is 3. The van der Waals surface area contributed by atoms with E-state index < -0.39 is 0 Å². The van der Waals surface area contributed by atoms with Crippen LogP contribution in [0, 0.1) is 12.8 Å². The molecule has 0 unspecified atom stereocenters. The number of nitrogens with zero attached hydrogens (tertiary/aromatic N) is 5. The first-order chi connectivity index (χ1) is 15.0. The van der Waals surface area contributed by atoms with Gasteiger partial charge in [0.2, 0.25) is 5.91 Å². The average Bonchev–Trinajstić information content (AvgIpc) is 3.02. The number of hydrogen-bond donors (Lipinski definition) is 1. The normalized spacial score (nSPS) is 16.4. The van der Waals surface area contributed by atoms with Crippen LogP contribution in [0.3, 0.4) is 0 Å². The second kappa shape index (κ2) is 7.89. The standard InChI is InChI=1S/C23H25ClN6O/c1-15-3-5-19(13-25-15)29-9-7-16(8-10-29)23(31)30-14-17-12-26-28(2)22(17)27-20-11-18(24)4-6-21(20)30/h3-6,11-13,16,27H,7-10,14H2,1-2H3. The van der Waals surface area contributed by atoms with Gasteiger partial charge in [0.25, 0.3) is 0 Å². The molecule has 2 aromatic heterocycles. The molecule has 0 bridgehead atoms. The molecule has 0 saturated carbocycles. The molecule has 4 heterocycles. The van der Waals surface area contributed by atoms with Crippen LogP contribution in [0.15, 0.2) is 42.7 Å². The van der Waals surface area contributed by atoms with E-state index in [2.05, 4.69) is 26.4 Å². The number of rotatable bonds is 2. The van der Waals surface area contributed by atoms with Crippen molar-refractivity contribution < 1.29 is 4.79 Å². The van der Waals surface area contributed by atoms with Crippen molar-refractivity contribution in [1.29, 1.82) is 0 Å². The third kappa shape index (κ3) is 3.74. The second-order valence-electron chi connectivity index (χ2n) is 8.27. The Hall–Kier alpha value is -3.06. The fraction of sp³-hybridized carbons (Fsp3) is 0.348. The minimum atomic E-state index is -0.0172. The van der Waals surface area contributed by atoms with E-state index in [-0.39, 0.29) is 11.8 Å². The summed E-state index contributed by atoms with van der Waals surface area (Å²) in [6.07, 6.45) is 5.38. The molecule has 3 aromatic rings. The van der Waals surface area contributed by atoms with Crippen molar-refractivity contribution in [2.24, 2.45) is 13.0 Å². The highest BCUT2D eigenvalue weighted by atomic mass is 35.5. The minimum absolute atomic E-state index is 0.0172. The zero-order valence-electron chi connectivity index (χ0n) is 17.7. The fourth-order valence-corrected chi connectivity index (χ4v) is 4.61. The van der Waals surface area contributed by atoms with Crippen molar-refractivity contribution in [2.75, 3.05) is 28.2 Å². The molecular weight excluding hydrogens is 412 g/mol. The number of halogens is 1. The largest absolute Gasteiger partial charge is 0.370 e. The summed E-state index contributed by atoms with van der Waals surface area (Å²) in [7, 11) is 1.89. The van der Waals surface area contributed by atoms with E-state index in [1.165, 1.54) is 0 Å². The summed E-state index contributed by atoms with van der Waals surface area (Å²) in [6.45, 7) is 4.17. The number of pyridine rings is 1. The van der Waals surface area contributed by atoms with Crippen molar-refractivity contribution in [2.45, 2.75) is 26.3 Å². The molecule has 1 fully saturated rings. The minimum Gasteiger partial charge on any atom is -0.370 e. The molecule has 7 nitrogen and oxygen atoms in total. The maximum absolute atomic E-state index is 13.7. The van der Waals surface area contributed by atoms with E-state index in [9.17, 15) is 4.79 Å². The van der Waals surface area contributed by atoms with E-state index in [0.29, 0.717) is 11.6 Å². The Bertz CT molecular complexity index is 1120. The van der Waals surface area contributed by atoms with Gasteiger partial charge < -0.3 is 15.1 Å². The van der Waals surface area contributed by atoms with E-state index in [1.54, 1.807) is 4.68 Å². The molecule has 2 aliphatic rings. The van der Waals surface area contributed by atoms with Crippen LogP contribution in [0.2, 0.25) is 5.02 Å². The van der Waals surface area contributed by atoms with Gasteiger partial charge in [-0.15, -0.1) is 0 Å². The monoisotopic (exact) mass is 436 g/mol. The van der Waals surface area contributed by atoms with Crippen LogP contribution in [0.1, 0.15) is 24.1 Å². The molecule has 1 N–H and O–H groups in total. The molecular formula is C23H25ClN6O. The van der Waals surface area contributed by atoms with Crippen molar-refractivity contribution in [3.8, 4) is 0 Å². The summed E-state index contributed by atoms with van der Waals surface area (Å²) in [5.41, 5.74) is 4.81. The summed E-state index contributed by atoms with van der Waals surface area (Å²) in [5, 5.41) is 8.41. The molecule has 5 rings (SSSR count). The molecule has 1 amide bonds. The average molecular weight is 437 g/mol. The first-order valence-electron chi connectivity index (χ1n) is 10.6. The van der Waals surface area contributed by atoms with Gasteiger partial charge in [-0.2, -0.15) is 5.10 Å². The molecule has 2 aliphatic heterocycles. The van der Waals surface area contributed by atoms with Gasteiger partial charge in [-0.25, -0.2) is 0 Å². The predicted octanol–water partition coefficient (Wildman–Crippen LogP) is 4.28. The number of piperidine rings is 1. The number of benzene rings is 1. The molecule has 1 aromatic carbocycles. The number of aryl methyl sites for hydroxylation is 2. The maximum atomic E-state index is 13.7. The van der Waals surface area contributed by atoms with E-state index in [4.69, 9.17) is 11.6 Å². The van der Waals surface area contributed by atoms with E-state index in [1.807, 2.05) is 55.5 Å². The number of nitrogens with one attached hydrogen (secondary N) is 1. The SMILES string of the molecule is Cc1ccc(N2CCC(C(=O)N3Cc4cnn(C)c4Nc4cc(Cl)ccc43)CC2)cn1. The number of amides is 1. The Morgan fingerprint density at radius 3 is 2.71 bits per heavy atom. The van der Waals surface area contributed by atoms with Crippen LogP contribution in [-0.2, 0) is 18.4 Å². The zero-order chi connectivity index (χ0) is 21.5. The summed E-state index contributed by atoms with van der Waals surface area (Å²) >= 11 is 6.25. The highest BCUT2D eigenvalue weighted by Crippen LogP contribution is 2.38. The van der Waals surface area contributed by atoms with E-state index in [0.717, 1.165) is 60.1 Å². The lowest BCUT2D eigenvalue weighted by Gasteiger charge is -2.35. The Morgan fingerprint density at radius 1 is 1.16 bits per heavy atom. The Balaban J connectivity index is 1.38. The predicted molar refractivity (Wildman–Crippen MR) is 123 cm³/mol. The van der Waals surface area contributed by atoms with E-state index >= 15 is 0 Å². The molecule has 0 spiro atoms. The highest BCUT2D eigenvalue weighted by Gasteiger charge is 2.33. The Labute approximate surface area is 186 Å². The topological polar surface area (TPSA) is 66.3 Å². The van der Waals surface area contributed by atoms with Crippen molar-refractivity contribution in [3.63, 3.8) is 0 Å². The van der Waals surface area contributed by atoms with Gasteiger partial charge in [0.05, 0.1) is 36.0 Å². The third-order valence-electron chi connectivity index (χ3n) is 6.22. The number of hydrogen-bond acceptors (Lipinski definition) is 5. The molecule has 0 radical (unpaired) electrons. The van der Waals surface area contributed by atoms with Crippen LogP contribution in [0.4, 0.5) is 22.9 Å². The second-order valence-corrected chi connectivity index (χ2v) is 8.71. The zero-order valence-corrected chi connectivity index (χ0v) is 18.4. The van der Waals surface area contributed by atoms with Crippen molar-refractivity contribution >= 4 is 40.4 Å². The van der Waals surface area contributed by atoms with Crippen molar-refractivity contribution in [3.05, 3.63) is 59.0 Å².